The van der Waals surface area contributed by atoms with Crippen LogP contribution >= 0.6 is 11.8 Å². The number of benzene rings is 2. The van der Waals surface area contributed by atoms with Gasteiger partial charge in [0.15, 0.2) is 17.1 Å². The molecule has 1 amide bonds. The van der Waals surface area contributed by atoms with E-state index in [1.807, 2.05) is 86.1 Å². The average Bonchev–Trinajstić information content (AvgIpc) is 3.08. The van der Waals surface area contributed by atoms with Crippen molar-refractivity contribution in [2.24, 2.45) is 7.05 Å². The second-order valence-electron chi connectivity index (χ2n) is 6.34. The fraction of sp³-hybridized carbons (Fsp3) is 0.286. The third-order valence-electron chi connectivity index (χ3n) is 4.24. The van der Waals surface area contributed by atoms with E-state index in [9.17, 15) is 4.79 Å². The van der Waals surface area contributed by atoms with Gasteiger partial charge in [-0.2, -0.15) is 0 Å². The standard InChI is InChI=1S/C21H24N4O2S/c1-4-18(20(26)22-16-11-7-5-8-12-16)28-21-24-23-19(25(21)3)15(2)27-17-13-9-6-10-14-17/h5-15,18H,4H2,1-3H3,(H,22,26)/t15-,18-/m1/s1. The number of rotatable bonds is 8. The van der Waals surface area contributed by atoms with Crippen molar-refractivity contribution in [3.8, 4) is 5.75 Å². The van der Waals surface area contributed by atoms with Crippen molar-refractivity contribution < 1.29 is 9.53 Å². The molecule has 0 saturated carbocycles. The predicted molar refractivity (Wildman–Crippen MR) is 111 cm³/mol. The van der Waals surface area contributed by atoms with Gasteiger partial charge in [-0.05, 0) is 37.6 Å². The van der Waals surface area contributed by atoms with Gasteiger partial charge < -0.3 is 14.6 Å². The predicted octanol–water partition coefficient (Wildman–Crippen LogP) is 4.46. The molecule has 0 unspecified atom stereocenters. The first-order valence-electron chi connectivity index (χ1n) is 9.22. The summed E-state index contributed by atoms with van der Waals surface area (Å²) in [5, 5.41) is 11.9. The Bertz CT molecular complexity index is 899. The Morgan fingerprint density at radius 1 is 1.11 bits per heavy atom. The van der Waals surface area contributed by atoms with Gasteiger partial charge in [0.1, 0.15) is 5.75 Å². The minimum Gasteiger partial charge on any atom is -0.483 e. The van der Waals surface area contributed by atoms with Crippen molar-refractivity contribution in [3.63, 3.8) is 0 Å². The van der Waals surface area contributed by atoms with Gasteiger partial charge in [-0.3, -0.25) is 4.79 Å². The fourth-order valence-electron chi connectivity index (χ4n) is 2.73. The first-order valence-corrected chi connectivity index (χ1v) is 10.1. The first kappa shape index (κ1) is 19.9. The third-order valence-corrected chi connectivity index (χ3v) is 5.64. The van der Waals surface area contributed by atoms with Gasteiger partial charge in [0.25, 0.3) is 0 Å². The van der Waals surface area contributed by atoms with E-state index in [0.717, 1.165) is 11.4 Å². The second-order valence-corrected chi connectivity index (χ2v) is 7.51. The third kappa shape index (κ3) is 4.92. The molecule has 6 nitrogen and oxygen atoms in total. The topological polar surface area (TPSA) is 69.0 Å². The van der Waals surface area contributed by atoms with Crippen LogP contribution in [0, 0.1) is 0 Å². The summed E-state index contributed by atoms with van der Waals surface area (Å²) in [6, 6.07) is 19.1. The van der Waals surface area contributed by atoms with E-state index in [0.29, 0.717) is 17.4 Å². The maximum absolute atomic E-state index is 12.6. The number of hydrogen-bond acceptors (Lipinski definition) is 5. The summed E-state index contributed by atoms with van der Waals surface area (Å²) in [5.74, 6) is 1.45. The summed E-state index contributed by atoms with van der Waals surface area (Å²) in [7, 11) is 1.89. The number of carbonyl (C=O) groups excluding carboxylic acids is 1. The number of anilines is 1. The van der Waals surface area contributed by atoms with Crippen LogP contribution in [-0.4, -0.2) is 25.9 Å². The Morgan fingerprint density at radius 2 is 1.75 bits per heavy atom. The van der Waals surface area contributed by atoms with Crippen LogP contribution in [0.2, 0.25) is 0 Å². The lowest BCUT2D eigenvalue weighted by atomic mass is 10.3. The van der Waals surface area contributed by atoms with Crippen LogP contribution in [0.15, 0.2) is 65.8 Å². The number of aromatic nitrogens is 3. The van der Waals surface area contributed by atoms with Crippen molar-refractivity contribution in [2.45, 2.75) is 36.8 Å². The Morgan fingerprint density at radius 3 is 2.39 bits per heavy atom. The monoisotopic (exact) mass is 396 g/mol. The van der Waals surface area contributed by atoms with E-state index in [4.69, 9.17) is 4.74 Å². The molecular formula is C21H24N4O2S. The van der Waals surface area contributed by atoms with E-state index in [1.165, 1.54) is 11.8 Å². The van der Waals surface area contributed by atoms with Gasteiger partial charge in [-0.25, -0.2) is 0 Å². The summed E-state index contributed by atoms with van der Waals surface area (Å²) < 4.78 is 7.83. The molecular weight excluding hydrogens is 372 g/mol. The maximum Gasteiger partial charge on any atom is 0.237 e. The maximum atomic E-state index is 12.6. The minimum absolute atomic E-state index is 0.0446. The Hall–Kier alpha value is -2.80. The molecule has 0 radical (unpaired) electrons. The van der Waals surface area contributed by atoms with Crippen LogP contribution in [0.25, 0.3) is 0 Å². The highest BCUT2D eigenvalue weighted by Crippen LogP contribution is 2.28. The molecule has 7 heteroatoms. The number of hydrogen-bond donors (Lipinski definition) is 1. The minimum atomic E-state index is -0.263. The quantitative estimate of drug-likeness (QED) is 0.569. The molecule has 28 heavy (non-hydrogen) atoms. The van der Waals surface area contributed by atoms with Crippen molar-refractivity contribution in [1.82, 2.24) is 14.8 Å². The molecule has 0 aliphatic carbocycles. The number of amides is 1. The van der Waals surface area contributed by atoms with E-state index >= 15 is 0 Å². The highest BCUT2D eigenvalue weighted by atomic mass is 32.2. The molecule has 0 bridgehead atoms. The van der Waals surface area contributed by atoms with E-state index in [-0.39, 0.29) is 17.3 Å². The number of carbonyl (C=O) groups is 1. The van der Waals surface area contributed by atoms with Gasteiger partial charge in [0.05, 0.1) is 5.25 Å². The highest BCUT2D eigenvalue weighted by Gasteiger charge is 2.23. The van der Waals surface area contributed by atoms with Crippen molar-refractivity contribution in [3.05, 3.63) is 66.5 Å². The van der Waals surface area contributed by atoms with Crippen molar-refractivity contribution >= 4 is 23.4 Å². The van der Waals surface area contributed by atoms with Gasteiger partial charge in [0.2, 0.25) is 5.91 Å². The lowest BCUT2D eigenvalue weighted by Gasteiger charge is -2.16. The molecule has 3 rings (SSSR count). The summed E-state index contributed by atoms with van der Waals surface area (Å²) in [4.78, 5) is 12.6. The molecule has 0 saturated heterocycles. The lowest BCUT2D eigenvalue weighted by molar-refractivity contribution is -0.115. The number of ether oxygens (including phenoxy) is 1. The first-order chi connectivity index (χ1) is 13.6. The molecule has 0 fully saturated rings. The van der Waals surface area contributed by atoms with Gasteiger partial charge >= 0.3 is 0 Å². The zero-order valence-electron chi connectivity index (χ0n) is 16.2. The average molecular weight is 397 g/mol. The zero-order chi connectivity index (χ0) is 19.9. The zero-order valence-corrected chi connectivity index (χ0v) is 17.0. The summed E-state index contributed by atoms with van der Waals surface area (Å²) >= 11 is 1.41. The lowest BCUT2D eigenvalue weighted by Crippen LogP contribution is -2.25. The molecule has 1 aromatic heterocycles. The Balaban J connectivity index is 1.67. The Labute approximate surface area is 169 Å². The molecule has 3 aromatic rings. The van der Waals surface area contributed by atoms with Crippen LogP contribution in [-0.2, 0) is 11.8 Å². The highest BCUT2D eigenvalue weighted by molar-refractivity contribution is 8.00. The number of nitrogens with one attached hydrogen (secondary N) is 1. The molecule has 2 atom stereocenters. The van der Waals surface area contributed by atoms with E-state index in [1.54, 1.807) is 0 Å². The van der Waals surface area contributed by atoms with Crippen LogP contribution < -0.4 is 10.1 Å². The van der Waals surface area contributed by atoms with E-state index < -0.39 is 0 Å². The number of nitrogens with zero attached hydrogens (tertiary/aromatic N) is 3. The molecule has 1 N–H and O–H groups in total. The van der Waals surface area contributed by atoms with Crippen molar-refractivity contribution in [1.29, 1.82) is 0 Å². The summed E-state index contributed by atoms with van der Waals surface area (Å²) in [5.41, 5.74) is 0.787. The Kier molecular flexibility index (Phi) is 6.71. The molecule has 146 valence electrons. The number of thioether (sulfide) groups is 1. The largest absolute Gasteiger partial charge is 0.483 e. The smallest absolute Gasteiger partial charge is 0.237 e. The molecule has 0 aliphatic heterocycles. The van der Waals surface area contributed by atoms with Gasteiger partial charge in [-0.15, -0.1) is 10.2 Å². The normalized spacial score (nSPS) is 13.0. The van der Waals surface area contributed by atoms with Crippen molar-refractivity contribution in [2.75, 3.05) is 5.32 Å². The number of para-hydroxylation sites is 2. The van der Waals surface area contributed by atoms with Crippen LogP contribution in [0.3, 0.4) is 0 Å². The fourth-order valence-corrected chi connectivity index (χ4v) is 3.66. The van der Waals surface area contributed by atoms with Crippen LogP contribution in [0.4, 0.5) is 5.69 Å². The van der Waals surface area contributed by atoms with Crippen LogP contribution in [0.1, 0.15) is 32.2 Å². The SMILES string of the molecule is CC[C@@H](Sc1nnc([C@@H](C)Oc2ccccc2)n1C)C(=O)Nc1ccccc1. The summed E-state index contributed by atoms with van der Waals surface area (Å²) in [6.07, 6.45) is 0.425. The summed E-state index contributed by atoms with van der Waals surface area (Å²) in [6.45, 7) is 3.92. The second kappa shape index (κ2) is 9.41. The van der Waals surface area contributed by atoms with Gasteiger partial charge in [-0.1, -0.05) is 55.1 Å². The molecule has 2 aromatic carbocycles. The van der Waals surface area contributed by atoms with Gasteiger partial charge in [0, 0.05) is 12.7 Å². The molecule has 0 aliphatic rings. The van der Waals surface area contributed by atoms with Crippen LogP contribution in [0.5, 0.6) is 5.75 Å². The molecule has 1 heterocycles. The molecule has 0 spiro atoms. The van der Waals surface area contributed by atoms with E-state index in [2.05, 4.69) is 15.5 Å².